The number of thioether (sulfide) groups is 1. The number of rotatable bonds is 10. The van der Waals surface area contributed by atoms with E-state index in [2.05, 4.69) is 16.0 Å². The number of aryl methyl sites for hydroxylation is 1. The molecule has 9 nitrogen and oxygen atoms in total. The van der Waals surface area contributed by atoms with Gasteiger partial charge in [0.1, 0.15) is 5.70 Å². The van der Waals surface area contributed by atoms with Crippen LogP contribution in [0, 0.1) is 17.0 Å². The summed E-state index contributed by atoms with van der Waals surface area (Å²) in [6.07, 6.45) is 1.40. The van der Waals surface area contributed by atoms with E-state index in [1.54, 1.807) is 85.8 Å². The molecule has 4 rings (SSSR count). The van der Waals surface area contributed by atoms with E-state index in [1.165, 1.54) is 30.0 Å². The third kappa shape index (κ3) is 8.68. The molecule has 0 unspecified atom stereocenters. The minimum absolute atomic E-state index is 0.0167. The molecule has 12 heteroatoms. The fourth-order valence-corrected chi connectivity index (χ4v) is 5.05. The van der Waals surface area contributed by atoms with Crippen molar-refractivity contribution in [3.63, 3.8) is 0 Å². The van der Waals surface area contributed by atoms with Crippen LogP contribution in [0.25, 0.3) is 6.08 Å². The number of nitro benzene ring substituents is 1. The minimum atomic E-state index is -0.624. The molecule has 3 N–H and O–H groups in total. The molecule has 0 radical (unpaired) electrons. The summed E-state index contributed by atoms with van der Waals surface area (Å²) >= 11 is 13.8. The van der Waals surface area contributed by atoms with Gasteiger partial charge in [-0.15, -0.1) is 11.8 Å². The van der Waals surface area contributed by atoms with Crippen molar-refractivity contribution in [2.75, 3.05) is 16.4 Å². The van der Waals surface area contributed by atoms with E-state index in [0.29, 0.717) is 43.0 Å². The topological polar surface area (TPSA) is 130 Å². The van der Waals surface area contributed by atoms with Crippen LogP contribution in [0.4, 0.5) is 17.1 Å². The lowest BCUT2D eigenvalue weighted by Crippen LogP contribution is -2.30. The molecule has 0 aromatic heterocycles. The van der Waals surface area contributed by atoms with Gasteiger partial charge < -0.3 is 16.0 Å². The van der Waals surface area contributed by atoms with Crippen LogP contribution >= 0.6 is 35.0 Å². The van der Waals surface area contributed by atoms with Crippen molar-refractivity contribution in [1.29, 1.82) is 0 Å². The van der Waals surface area contributed by atoms with Crippen molar-refractivity contribution in [3.8, 4) is 0 Å². The zero-order valence-electron chi connectivity index (χ0n) is 22.6. The summed E-state index contributed by atoms with van der Waals surface area (Å²) in [6.45, 7) is 1.74. The van der Waals surface area contributed by atoms with Crippen LogP contribution in [-0.2, 0) is 9.59 Å². The second kappa shape index (κ2) is 14.5. The lowest BCUT2D eigenvalue weighted by molar-refractivity contribution is -0.384. The van der Waals surface area contributed by atoms with Gasteiger partial charge in [-0.2, -0.15) is 0 Å². The van der Waals surface area contributed by atoms with Crippen molar-refractivity contribution in [1.82, 2.24) is 5.32 Å². The molecule has 4 aromatic rings. The molecule has 3 amide bonds. The highest BCUT2D eigenvalue weighted by Gasteiger charge is 2.17. The summed E-state index contributed by atoms with van der Waals surface area (Å²) in [5, 5.41) is 19.8. The van der Waals surface area contributed by atoms with Gasteiger partial charge in [-0.05, 0) is 61.0 Å². The third-order valence-corrected chi connectivity index (χ3v) is 7.64. The van der Waals surface area contributed by atoms with E-state index >= 15 is 0 Å². The molecule has 0 aliphatic heterocycles. The monoisotopic (exact) mass is 634 g/mol. The molecule has 0 bridgehead atoms. The van der Waals surface area contributed by atoms with Gasteiger partial charge in [-0.1, -0.05) is 59.6 Å². The predicted molar refractivity (Wildman–Crippen MR) is 171 cm³/mol. The van der Waals surface area contributed by atoms with E-state index in [0.717, 1.165) is 0 Å². The summed E-state index contributed by atoms with van der Waals surface area (Å²) in [5.41, 5.74) is 1.96. The number of hydrogen-bond donors (Lipinski definition) is 3. The van der Waals surface area contributed by atoms with Gasteiger partial charge in [-0.25, -0.2) is 0 Å². The van der Waals surface area contributed by atoms with Gasteiger partial charge in [0, 0.05) is 43.9 Å². The number of nitrogens with one attached hydrogen (secondary N) is 3. The Labute approximate surface area is 261 Å². The van der Waals surface area contributed by atoms with E-state index in [9.17, 15) is 24.5 Å². The van der Waals surface area contributed by atoms with Gasteiger partial charge >= 0.3 is 0 Å². The number of carbonyl (C=O) groups is 3. The van der Waals surface area contributed by atoms with Crippen molar-refractivity contribution in [2.45, 2.75) is 11.8 Å². The molecule has 0 spiro atoms. The first-order valence-electron chi connectivity index (χ1n) is 12.7. The lowest BCUT2D eigenvalue weighted by Gasteiger charge is -2.13. The highest BCUT2D eigenvalue weighted by atomic mass is 35.5. The maximum Gasteiger partial charge on any atom is 0.272 e. The fraction of sp³-hybridized carbons (Fsp3) is 0.0645. The minimum Gasteiger partial charge on any atom is -0.325 e. The van der Waals surface area contributed by atoms with E-state index in [-0.39, 0.29) is 23.0 Å². The number of hydrogen-bond acceptors (Lipinski definition) is 6. The van der Waals surface area contributed by atoms with Gasteiger partial charge in [0.25, 0.3) is 17.5 Å². The SMILES string of the molecule is Cc1ccc([N+](=O)[O-])cc1NC(=O)CSc1cccc(NC(=O)/C(=C\c2c(Cl)cccc2Cl)NC(=O)c2ccccc2)c1. The Hall–Kier alpha value is -4.64. The zero-order valence-corrected chi connectivity index (χ0v) is 24.9. The van der Waals surface area contributed by atoms with Crippen LogP contribution in [0.15, 0.2) is 102 Å². The molecule has 0 aliphatic rings. The van der Waals surface area contributed by atoms with Gasteiger partial charge in [-0.3, -0.25) is 24.5 Å². The quantitative estimate of drug-likeness (QED) is 0.0723. The molecular formula is C31H24Cl2N4O5S. The maximum absolute atomic E-state index is 13.4. The molecule has 0 fully saturated rings. The van der Waals surface area contributed by atoms with Crippen LogP contribution < -0.4 is 16.0 Å². The van der Waals surface area contributed by atoms with Crippen LogP contribution in [0.2, 0.25) is 10.0 Å². The largest absolute Gasteiger partial charge is 0.325 e. The lowest BCUT2D eigenvalue weighted by atomic mass is 10.1. The number of benzene rings is 4. The molecular weight excluding hydrogens is 611 g/mol. The second-order valence-electron chi connectivity index (χ2n) is 9.09. The number of anilines is 2. The van der Waals surface area contributed by atoms with Crippen LogP contribution in [0.1, 0.15) is 21.5 Å². The van der Waals surface area contributed by atoms with Crippen molar-refractivity contribution < 1.29 is 19.3 Å². The molecule has 0 saturated heterocycles. The van der Waals surface area contributed by atoms with Crippen molar-refractivity contribution in [2.24, 2.45) is 0 Å². The Morgan fingerprint density at radius 1 is 0.884 bits per heavy atom. The summed E-state index contributed by atoms with van der Waals surface area (Å²) in [4.78, 5) is 50.1. The third-order valence-electron chi connectivity index (χ3n) is 5.99. The molecule has 43 heavy (non-hydrogen) atoms. The Balaban J connectivity index is 1.48. The molecule has 0 heterocycles. The molecule has 0 saturated carbocycles. The van der Waals surface area contributed by atoms with Gasteiger partial charge in [0.2, 0.25) is 5.91 Å². The number of non-ortho nitro benzene ring substituents is 1. The Kier molecular flexibility index (Phi) is 10.6. The highest BCUT2D eigenvalue weighted by molar-refractivity contribution is 8.00. The average Bonchev–Trinajstić information content (AvgIpc) is 2.99. The number of carbonyl (C=O) groups excluding carboxylic acids is 3. The first-order valence-corrected chi connectivity index (χ1v) is 14.5. The van der Waals surface area contributed by atoms with E-state index in [4.69, 9.17) is 23.2 Å². The van der Waals surface area contributed by atoms with E-state index < -0.39 is 16.7 Å². The van der Waals surface area contributed by atoms with Crippen LogP contribution in [0.5, 0.6) is 0 Å². The smallest absolute Gasteiger partial charge is 0.272 e. The fourth-order valence-electron chi connectivity index (χ4n) is 3.79. The number of amides is 3. The molecule has 0 atom stereocenters. The highest BCUT2D eigenvalue weighted by Crippen LogP contribution is 2.28. The Bertz CT molecular complexity index is 1710. The predicted octanol–water partition coefficient (Wildman–Crippen LogP) is 7.35. The summed E-state index contributed by atoms with van der Waals surface area (Å²) < 4.78 is 0. The first kappa shape index (κ1) is 31.3. The van der Waals surface area contributed by atoms with Crippen molar-refractivity contribution in [3.05, 3.63) is 134 Å². The summed E-state index contributed by atoms with van der Waals surface area (Å²) in [7, 11) is 0. The second-order valence-corrected chi connectivity index (χ2v) is 11.0. The number of halogens is 2. The molecule has 4 aromatic carbocycles. The number of nitrogens with zero attached hydrogens (tertiary/aromatic N) is 1. The Morgan fingerprint density at radius 3 is 2.28 bits per heavy atom. The van der Waals surface area contributed by atoms with Crippen LogP contribution in [0.3, 0.4) is 0 Å². The summed E-state index contributed by atoms with van der Waals surface area (Å²) in [6, 6.07) is 24.4. The van der Waals surface area contributed by atoms with Gasteiger partial charge in [0.05, 0.1) is 16.4 Å². The zero-order chi connectivity index (χ0) is 30.9. The van der Waals surface area contributed by atoms with Gasteiger partial charge in [0.15, 0.2) is 0 Å². The average molecular weight is 636 g/mol. The standard InChI is InChI=1S/C31H24Cl2N4O5S/c1-19-13-14-22(37(41)42)16-27(19)35-29(38)18-43-23-10-5-9-21(15-23)34-31(40)28(17-24-25(32)11-6-12-26(24)33)36-30(39)20-7-3-2-4-8-20/h2-17H,18H2,1H3,(H,34,40)(H,35,38)(H,36,39)/b28-17+. The molecule has 218 valence electrons. The van der Waals surface area contributed by atoms with Crippen LogP contribution in [-0.4, -0.2) is 28.4 Å². The summed E-state index contributed by atoms with van der Waals surface area (Å²) in [5.74, 6) is -1.46. The van der Waals surface area contributed by atoms with Crippen molar-refractivity contribution >= 4 is 75.8 Å². The van der Waals surface area contributed by atoms with E-state index in [1.807, 2.05) is 0 Å². The molecule has 0 aliphatic carbocycles. The maximum atomic E-state index is 13.4. The normalized spacial score (nSPS) is 11.0. The Morgan fingerprint density at radius 2 is 1.58 bits per heavy atom. The number of nitro groups is 1. The first-order chi connectivity index (χ1) is 20.6.